The molecule has 0 bridgehead atoms. The van der Waals surface area contributed by atoms with Gasteiger partial charge in [0.15, 0.2) is 0 Å². The minimum atomic E-state index is -0.157. The molecular formula is C35H50N2O. The average molecular weight is 515 g/mol. The van der Waals surface area contributed by atoms with Gasteiger partial charge in [-0.2, -0.15) is 0 Å². The normalized spacial score (nSPS) is 12.9. The summed E-state index contributed by atoms with van der Waals surface area (Å²) in [4.78, 5) is 0. The van der Waals surface area contributed by atoms with Crippen molar-refractivity contribution in [3.8, 4) is 5.75 Å². The Kier molecular flexibility index (Phi) is 8.61. The monoisotopic (exact) mass is 514 g/mol. The molecule has 0 aliphatic rings. The highest BCUT2D eigenvalue weighted by atomic mass is 16.3. The zero-order chi connectivity index (χ0) is 28.4. The Hall–Kier alpha value is -2.94. The van der Waals surface area contributed by atoms with Crippen molar-refractivity contribution in [3.63, 3.8) is 0 Å². The Morgan fingerprint density at radius 1 is 0.579 bits per heavy atom. The van der Waals surface area contributed by atoms with Crippen LogP contribution in [0.4, 0.5) is 17.1 Å². The fraction of sp³-hybridized carbons (Fsp3) is 0.486. The van der Waals surface area contributed by atoms with E-state index in [2.05, 4.69) is 128 Å². The van der Waals surface area contributed by atoms with Gasteiger partial charge in [-0.3, -0.25) is 0 Å². The zero-order valence-electron chi connectivity index (χ0n) is 25.4. The molecule has 0 radical (unpaired) electrons. The smallest absolute Gasteiger partial charge is 0.123 e. The topological polar surface area (TPSA) is 44.3 Å². The number of aromatic hydroxyl groups is 1. The SMILES string of the molecule is CC(C)(C)CC(C)(C)c1cc(CNc2ccc(Nc3ccccc3)cc2)cc(C(C)(C)CC(C)(C)C)c1O. The van der Waals surface area contributed by atoms with E-state index >= 15 is 0 Å². The molecule has 38 heavy (non-hydrogen) atoms. The first-order chi connectivity index (χ1) is 17.5. The second-order valence-corrected chi connectivity index (χ2v) is 14.7. The van der Waals surface area contributed by atoms with Crippen molar-refractivity contribution in [2.24, 2.45) is 10.8 Å². The van der Waals surface area contributed by atoms with E-state index in [1.165, 1.54) is 5.56 Å². The molecule has 0 atom stereocenters. The third-order valence-electron chi connectivity index (χ3n) is 7.02. The quantitative estimate of drug-likeness (QED) is 0.266. The molecule has 3 N–H and O–H groups in total. The maximum absolute atomic E-state index is 11.7. The standard InChI is InChI=1S/C35H50N2O/c1-32(2,3)23-34(7,8)29-20-25(21-30(31(29)38)35(9,10)24-33(4,5)6)22-36-26-16-18-28(19-17-26)37-27-14-12-11-13-15-27/h11-21,36-38H,22-24H2,1-10H3. The van der Waals surface area contributed by atoms with E-state index in [9.17, 15) is 5.11 Å². The number of hydrogen-bond donors (Lipinski definition) is 3. The maximum atomic E-state index is 11.7. The third-order valence-corrected chi connectivity index (χ3v) is 7.02. The van der Waals surface area contributed by atoms with Crippen molar-refractivity contribution in [1.82, 2.24) is 0 Å². The molecule has 0 fully saturated rings. The summed E-state index contributed by atoms with van der Waals surface area (Å²) in [6.07, 6.45) is 1.97. The van der Waals surface area contributed by atoms with Gasteiger partial charge in [0, 0.05) is 34.7 Å². The number of phenolic OH excluding ortho intramolecular Hbond substituents is 1. The van der Waals surface area contributed by atoms with E-state index in [1.54, 1.807) is 0 Å². The molecule has 0 heterocycles. The largest absolute Gasteiger partial charge is 0.507 e. The fourth-order valence-corrected chi connectivity index (χ4v) is 6.23. The number of para-hydroxylation sites is 1. The number of phenols is 1. The van der Waals surface area contributed by atoms with Crippen LogP contribution in [0.3, 0.4) is 0 Å². The van der Waals surface area contributed by atoms with Gasteiger partial charge in [0.05, 0.1) is 0 Å². The summed E-state index contributed by atoms with van der Waals surface area (Å²) in [6, 6.07) is 23.1. The lowest BCUT2D eigenvalue weighted by Crippen LogP contribution is -2.28. The van der Waals surface area contributed by atoms with Crippen LogP contribution in [0.5, 0.6) is 5.75 Å². The van der Waals surface area contributed by atoms with E-state index in [4.69, 9.17) is 0 Å². The molecular weight excluding hydrogens is 464 g/mol. The van der Waals surface area contributed by atoms with Crippen LogP contribution in [0.1, 0.15) is 98.8 Å². The van der Waals surface area contributed by atoms with Crippen LogP contribution in [0.15, 0.2) is 66.7 Å². The number of rotatable bonds is 9. The second kappa shape index (κ2) is 11.0. The molecule has 0 amide bonds. The lowest BCUT2D eigenvalue weighted by molar-refractivity contribution is 0.268. The van der Waals surface area contributed by atoms with Crippen molar-refractivity contribution in [2.45, 2.75) is 99.5 Å². The number of anilines is 3. The molecule has 3 rings (SSSR count). The van der Waals surface area contributed by atoms with Gasteiger partial charge in [0.25, 0.3) is 0 Å². The minimum Gasteiger partial charge on any atom is -0.507 e. The molecule has 3 aromatic rings. The molecule has 0 aliphatic heterocycles. The van der Waals surface area contributed by atoms with Crippen LogP contribution in [0.25, 0.3) is 0 Å². The summed E-state index contributed by atoms with van der Waals surface area (Å²) in [6.45, 7) is 23.4. The summed E-state index contributed by atoms with van der Waals surface area (Å²) in [5, 5.41) is 18.7. The van der Waals surface area contributed by atoms with Crippen LogP contribution in [-0.4, -0.2) is 5.11 Å². The average Bonchev–Trinajstić information content (AvgIpc) is 2.76. The van der Waals surface area contributed by atoms with Gasteiger partial charge in [0.2, 0.25) is 0 Å². The maximum Gasteiger partial charge on any atom is 0.123 e. The summed E-state index contributed by atoms with van der Waals surface area (Å²) in [5.41, 5.74) is 6.49. The van der Waals surface area contributed by atoms with Crippen molar-refractivity contribution in [2.75, 3.05) is 10.6 Å². The highest BCUT2D eigenvalue weighted by molar-refractivity contribution is 5.62. The Balaban J connectivity index is 1.90. The van der Waals surface area contributed by atoms with Gasteiger partial charge in [-0.25, -0.2) is 0 Å². The first-order valence-corrected chi connectivity index (χ1v) is 14.0. The molecule has 0 aliphatic carbocycles. The van der Waals surface area contributed by atoms with E-state index in [0.29, 0.717) is 12.3 Å². The predicted octanol–water partition coefficient (Wildman–Crippen LogP) is 10.2. The van der Waals surface area contributed by atoms with Gasteiger partial charge < -0.3 is 15.7 Å². The van der Waals surface area contributed by atoms with Crippen molar-refractivity contribution in [1.29, 1.82) is 0 Å². The summed E-state index contributed by atoms with van der Waals surface area (Å²) >= 11 is 0. The van der Waals surface area contributed by atoms with Gasteiger partial charge >= 0.3 is 0 Å². The van der Waals surface area contributed by atoms with Crippen LogP contribution >= 0.6 is 0 Å². The van der Waals surface area contributed by atoms with Crippen molar-refractivity contribution in [3.05, 3.63) is 83.4 Å². The Morgan fingerprint density at radius 2 is 1.00 bits per heavy atom. The van der Waals surface area contributed by atoms with Crippen molar-refractivity contribution >= 4 is 17.1 Å². The van der Waals surface area contributed by atoms with Crippen LogP contribution in [-0.2, 0) is 17.4 Å². The molecule has 0 unspecified atom stereocenters. The third kappa shape index (κ3) is 8.28. The lowest BCUT2D eigenvalue weighted by atomic mass is 9.68. The first-order valence-electron chi connectivity index (χ1n) is 14.0. The highest BCUT2D eigenvalue weighted by Crippen LogP contribution is 2.47. The molecule has 3 nitrogen and oxygen atoms in total. The molecule has 0 saturated carbocycles. The van der Waals surface area contributed by atoms with Crippen LogP contribution in [0.2, 0.25) is 0 Å². The first kappa shape index (κ1) is 29.6. The van der Waals surface area contributed by atoms with Gasteiger partial charge in [-0.1, -0.05) is 87.4 Å². The highest BCUT2D eigenvalue weighted by Gasteiger charge is 2.35. The van der Waals surface area contributed by atoms with Gasteiger partial charge in [-0.05, 0) is 88.6 Å². The Morgan fingerprint density at radius 3 is 1.45 bits per heavy atom. The molecule has 0 aromatic heterocycles. The number of hydrogen-bond acceptors (Lipinski definition) is 3. The Bertz CT molecular complexity index is 1140. The van der Waals surface area contributed by atoms with E-state index in [-0.39, 0.29) is 21.7 Å². The molecule has 206 valence electrons. The second-order valence-electron chi connectivity index (χ2n) is 14.7. The van der Waals surface area contributed by atoms with E-state index in [0.717, 1.165) is 41.0 Å². The fourth-order valence-electron chi connectivity index (χ4n) is 6.23. The zero-order valence-corrected chi connectivity index (χ0v) is 25.4. The summed E-state index contributed by atoms with van der Waals surface area (Å²) in [5.74, 6) is 0.466. The number of benzene rings is 3. The van der Waals surface area contributed by atoms with Gasteiger partial charge in [-0.15, -0.1) is 0 Å². The minimum absolute atomic E-state index is 0.154. The summed E-state index contributed by atoms with van der Waals surface area (Å²) in [7, 11) is 0. The molecule has 0 saturated heterocycles. The van der Waals surface area contributed by atoms with Gasteiger partial charge in [0.1, 0.15) is 5.75 Å². The Labute approximate surface area is 232 Å². The van der Waals surface area contributed by atoms with Crippen LogP contribution < -0.4 is 10.6 Å². The predicted molar refractivity (Wildman–Crippen MR) is 166 cm³/mol. The van der Waals surface area contributed by atoms with E-state index < -0.39 is 0 Å². The molecule has 3 aromatic carbocycles. The molecule has 3 heteroatoms. The van der Waals surface area contributed by atoms with Crippen LogP contribution in [0, 0.1) is 10.8 Å². The van der Waals surface area contributed by atoms with Crippen molar-refractivity contribution < 1.29 is 5.11 Å². The van der Waals surface area contributed by atoms with E-state index in [1.807, 2.05) is 18.2 Å². The lowest BCUT2D eigenvalue weighted by Gasteiger charge is -2.37. The number of nitrogens with one attached hydrogen (secondary N) is 2. The molecule has 0 spiro atoms. The summed E-state index contributed by atoms with van der Waals surface area (Å²) < 4.78 is 0.